The number of halogens is 3. The molecule has 0 aliphatic heterocycles. The summed E-state index contributed by atoms with van der Waals surface area (Å²) in [5.74, 6) is -0.241. The Kier molecular flexibility index (Phi) is 4.98. The van der Waals surface area contributed by atoms with E-state index in [9.17, 15) is 13.2 Å². The average molecular weight is 258 g/mol. The molecule has 0 saturated heterocycles. The molecule has 0 aliphatic rings. The number of hydrogen-bond acceptors (Lipinski definition) is 3. The van der Waals surface area contributed by atoms with Crippen LogP contribution in [0.5, 0.6) is 5.75 Å². The van der Waals surface area contributed by atoms with Crippen molar-refractivity contribution in [2.45, 2.75) is 19.8 Å². The van der Waals surface area contributed by atoms with Crippen LogP contribution in [-0.2, 0) is 6.54 Å². The molecular weight excluding hydrogens is 245 g/mol. The third-order valence-electron chi connectivity index (χ3n) is 2.30. The molecule has 0 radical (unpaired) electrons. The van der Waals surface area contributed by atoms with Gasteiger partial charge in [-0.05, 0) is 24.2 Å². The van der Waals surface area contributed by atoms with Crippen molar-refractivity contribution in [1.82, 2.24) is 4.90 Å². The summed E-state index contributed by atoms with van der Waals surface area (Å²) in [7, 11) is 0. The van der Waals surface area contributed by atoms with Gasteiger partial charge in [-0.25, -0.2) is 0 Å². The molecule has 0 N–H and O–H groups in total. The van der Waals surface area contributed by atoms with E-state index in [1.54, 1.807) is 12.1 Å². The Bertz CT molecular complexity index is 409. The first-order valence-electron chi connectivity index (χ1n) is 5.38. The smallest absolute Gasteiger partial charge is 0.406 e. The Morgan fingerprint density at radius 3 is 2.33 bits per heavy atom. The van der Waals surface area contributed by atoms with Crippen molar-refractivity contribution in [1.29, 1.82) is 5.26 Å². The van der Waals surface area contributed by atoms with E-state index in [1.807, 2.05) is 17.9 Å². The summed E-state index contributed by atoms with van der Waals surface area (Å²) in [6.07, 6.45) is -4.67. The van der Waals surface area contributed by atoms with E-state index in [4.69, 9.17) is 5.26 Å². The van der Waals surface area contributed by atoms with Crippen LogP contribution >= 0.6 is 0 Å². The quantitative estimate of drug-likeness (QED) is 0.762. The lowest BCUT2D eigenvalue weighted by atomic mass is 10.2. The van der Waals surface area contributed by atoms with E-state index in [1.165, 1.54) is 12.1 Å². The number of nitriles is 1. The summed E-state index contributed by atoms with van der Waals surface area (Å²) in [5.41, 5.74) is 0.835. The first-order chi connectivity index (χ1) is 8.44. The van der Waals surface area contributed by atoms with Gasteiger partial charge in [-0.2, -0.15) is 5.26 Å². The highest BCUT2D eigenvalue weighted by Gasteiger charge is 2.30. The zero-order valence-electron chi connectivity index (χ0n) is 9.87. The first-order valence-corrected chi connectivity index (χ1v) is 5.38. The minimum atomic E-state index is -4.67. The fraction of sp³-hybridized carbons (Fsp3) is 0.417. The Morgan fingerprint density at radius 1 is 1.28 bits per heavy atom. The largest absolute Gasteiger partial charge is 0.573 e. The molecule has 0 fully saturated rings. The Hall–Kier alpha value is -1.74. The van der Waals surface area contributed by atoms with Gasteiger partial charge in [0.25, 0.3) is 0 Å². The first kappa shape index (κ1) is 14.3. The minimum absolute atomic E-state index is 0.241. The predicted octanol–water partition coefficient (Wildman–Crippen LogP) is 2.93. The standard InChI is InChI=1S/C12H13F3N2O/c1-2-17(8-7-16)9-10-3-5-11(6-4-10)18-12(13,14)15/h3-6H,2,8-9H2,1H3. The van der Waals surface area contributed by atoms with E-state index in [0.717, 1.165) is 5.56 Å². The second kappa shape index (κ2) is 6.26. The molecule has 0 heterocycles. The Labute approximate surface area is 103 Å². The molecule has 1 rings (SSSR count). The van der Waals surface area contributed by atoms with Crippen molar-refractivity contribution >= 4 is 0 Å². The maximum absolute atomic E-state index is 11.9. The molecule has 1 aromatic carbocycles. The van der Waals surface area contributed by atoms with Crippen LogP contribution < -0.4 is 4.74 Å². The van der Waals surface area contributed by atoms with Crippen molar-refractivity contribution < 1.29 is 17.9 Å². The van der Waals surface area contributed by atoms with Gasteiger partial charge in [0.15, 0.2) is 0 Å². The minimum Gasteiger partial charge on any atom is -0.406 e. The van der Waals surface area contributed by atoms with Crippen LogP contribution in [0.1, 0.15) is 12.5 Å². The second-order valence-electron chi connectivity index (χ2n) is 3.65. The summed E-state index contributed by atoms with van der Waals surface area (Å²) in [4.78, 5) is 1.87. The second-order valence-corrected chi connectivity index (χ2v) is 3.65. The lowest BCUT2D eigenvalue weighted by Gasteiger charge is -2.16. The number of alkyl halides is 3. The molecule has 6 heteroatoms. The van der Waals surface area contributed by atoms with Gasteiger partial charge >= 0.3 is 6.36 Å². The Balaban J connectivity index is 2.63. The number of ether oxygens (including phenoxy) is 1. The normalized spacial score (nSPS) is 11.3. The van der Waals surface area contributed by atoms with E-state index in [2.05, 4.69) is 4.74 Å². The van der Waals surface area contributed by atoms with E-state index >= 15 is 0 Å². The molecule has 1 aromatic rings. The fourth-order valence-electron chi connectivity index (χ4n) is 1.43. The van der Waals surface area contributed by atoms with Crippen molar-refractivity contribution in [3.63, 3.8) is 0 Å². The maximum Gasteiger partial charge on any atom is 0.573 e. The molecule has 0 atom stereocenters. The van der Waals surface area contributed by atoms with Crippen LogP contribution in [0.3, 0.4) is 0 Å². The average Bonchev–Trinajstić information content (AvgIpc) is 2.29. The highest BCUT2D eigenvalue weighted by atomic mass is 19.4. The van der Waals surface area contributed by atoms with Gasteiger partial charge in [0.2, 0.25) is 0 Å². The topological polar surface area (TPSA) is 36.3 Å². The molecule has 0 aliphatic carbocycles. The van der Waals surface area contributed by atoms with Crippen molar-refractivity contribution in [2.24, 2.45) is 0 Å². The molecule has 0 bridgehead atoms. The van der Waals surface area contributed by atoms with E-state index in [-0.39, 0.29) is 12.3 Å². The summed E-state index contributed by atoms with van der Waals surface area (Å²) in [6.45, 7) is 3.43. The molecule has 0 amide bonds. The van der Waals surface area contributed by atoms with Crippen LogP contribution in [-0.4, -0.2) is 24.4 Å². The third kappa shape index (κ3) is 5.06. The van der Waals surface area contributed by atoms with Crippen molar-refractivity contribution in [3.8, 4) is 11.8 Å². The summed E-state index contributed by atoms with van der Waals surface area (Å²) < 4.78 is 39.6. The molecule has 0 unspecified atom stereocenters. The summed E-state index contributed by atoms with van der Waals surface area (Å²) in [6, 6.07) is 7.68. The van der Waals surface area contributed by atoms with Crippen LogP contribution in [0.25, 0.3) is 0 Å². The molecule has 3 nitrogen and oxygen atoms in total. The van der Waals surface area contributed by atoms with Crippen molar-refractivity contribution in [3.05, 3.63) is 29.8 Å². The summed E-state index contributed by atoms with van der Waals surface area (Å²) >= 11 is 0. The van der Waals surface area contributed by atoms with Gasteiger partial charge < -0.3 is 4.74 Å². The SMILES string of the molecule is CCN(CC#N)Cc1ccc(OC(F)(F)F)cc1. The summed E-state index contributed by atoms with van der Waals surface area (Å²) in [5, 5.41) is 8.58. The zero-order chi connectivity index (χ0) is 13.6. The van der Waals surface area contributed by atoms with Gasteiger partial charge in [-0.3, -0.25) is 4.90 Å². The number of benzene rings is 1. The lowest BCUT2D eigenvalue weighted by Crippen LogP contribution is -2.23. The molecular formula is C12H13F3N2O. The highest BCUT2D eigenvalue weighted by molar-refractivity contribution is 5.27. The monoisotopic (exact) mass is 258 g/mol. The Morgan fingerprint density at radius 2 is 1.89 bits per heavy atom. The molecule has 0 saturated carbocycles. The molecule has 0 spiro atoms. The van der Waals surface area contributed by atoms with Crippen LogP contribution in [0.2, 0.25) is 0 Å². The van der Waals surface area contributed by atoms with Crippen LogP contribution in [0, 0.1) is 11.3 Å². The van der Waals surface area contributed by atoms with E-state index in [0.29, 0.717) is 13.1 Å². The zero-order valence-corrected chi connectivity index (χ0v) is 9.87. The van der Waals surface area contributed by atoms with Gasteiger partial charge in [-0.1, -0.05) is 19.1 Å². The van der Waals surface area contributed by atoms with Crippen LogP contribution in [0.15, 0.2) is 24.3 Å². The van der Waals surface area contributed by atoms with Gasteiger partial charge in [0, 0.05) is 6.54 Å². The van der Waals surface area contributed by atoms with Gasteiger partial charge in [-0.15, -0.1) is 13.2 Å². The van der Waals surface area contributed by atoms with E-state index < -0.39 is 6.36 Å². The van der Waals surface area contributed by atoms with Crippen molar-refractivity contribution in [2.75, 3.05) is 13.1 Å². The number of hydrogen-bond donors (Lipinski definition) is 0. The highest BCUT2D eigenvalue weighted by Crippen LogP contribution is 2.22. The third-order valence-corrected chi connectivity index (χ3v) is 2.30. The molecule has 98 valence electrons. The lowest BCUT2D eigenvalue weighted by molar-refractivity contribution is -0.274. The molecule has 0 aromatic heterocycles. The molecule has 18 heavy (non-hydrogen) atoms. The van der Waals surface area contributed by atoms with Gasteiger partial charge in [0.1, 0.15) is 5.75 Å². The number of nitrogens with zero attached hydrogens (tertiary/aromatic N) is 2. The van der Waals surface area contributed by atoms with Gasteiger partial charge in [0.05, 0.1) is 12.6 Å². The van der Waals surface area contributed by atoms with Crippen LogP contribution in [0.4, 0.5) is 13.2 Å². The predicted molar refractivity (Wildman–Crippen MR) is 59.7 cm³/mol. The number of rotatable bonds is 5. The maximum atomic E-state index is 11.9. The fourth-order valence-corrected chi connectivity index (χ4v) is 1.43.